The van der Waals surface area contributed by atoms with E-state index in [0.29, 0.717) is 0 Å². The number of fused-ring (bicyclic) bond motifs is 1. The molecule has 0 aliphatic carbocycles. The zero-order valence-corrected chi connectivity index (χ0v) is 13.9. The molecule has 0 bridgehead atoms. The Labute approximate surface area is 146 Å². The van der Waals surface area contributed by atoms with Crippen LogP contribution in [0.25, 0.3) is 11.3 Å². The number of pyridine rings is 1. The maximum absolute atomic E-state index is 13.6. The molecule has 2 aromatic heterocycles. The molecule has 1 aliphatic rings. The highest BCUT2D eigenvalue weighted by molar-refractivity contribution is 5.64. The van der Waals surface area contributed by atoms with Gasteiger partial charge in [0.25, 0.3) is 0 Å². The summed E-state index contributed by atoms with van der Waals surface area (Å²) in [6, 6.07) is 10.7. The zero-order chi connectivity index (χ0) is 17.1. The molecule has 0 spiro atoms. The molecule has 4 nitrogen and oxygen atoms in total. The van der Waals surface area contributed by atoms with Gasteiger partial charge in [0, 0.05) is 55.3 Å². The monoisotopic (exact) mass is 334 g/mol. The summed E-state index contributed by atoms with van der Waals surface area (Å²) in [7, 11) is 0. The summed E-state index contributed by atoms with van der Waals surface area (Å²) in [5.41, 5.74) is 5.10. The average molecular weight is 334 g/mol. The first kappa shape index (κ1) is 15.8. The zero-order valence-electron chi connectivity index (χ0n) is 13.9. The van der Waals surface area contributed by atoms with Gasteiger partial charge in [0.05, 0.1) is 5.69 Å². The van der Waals surface area contributed by atoms with E-state index in [2.05, 4.69) is 25.9 Å². The smallest absolute Gasteiger partial charge is 0.123 e. The molecule has 0 unspecified atom stereocenters. The van der Waals surface area contributed by atoms with Crippen LogP contribution in [-0.4, -0.2) is 32.9 Å². The summed E-state index contributed by atoms with van der Waals surface area (Å²) in [6.45, 7) is 2.75. The van der Waals surface area contributed by atoms with Gasteiger partial charge in [-0.15, -0.1) is 0 Å². The van der Waals surface area contributed by atoms with Crippen LogP contribution in [0.2, 0.25) is 0 Å². The number of benzene rings is 1. The molecule has 0 saturated carbocycles. The van der Waals surface area contributed by atoms with Crippen LogP contribution >= 0.6 is 0 Å². The van der Waals surface area contributed by atoms with Gasteiger partial charge >= 0.3 is 0 Å². The Morgan fingerprint density at radius 1 is 1.04 bits per heavy atom. The summed E-state index contributed by atoms with van der Waals surface area (Å²) in [6.07, 6.45) is 7.04. The Morgan fingerprint density at radius 3 is 2.80 bits per heavy atom. The fourth-order valence-corrected chi connectivity index (χ4v) is 3.37. The number of hydrogen-bond donors (Lipinski definition) is 0. The van der Waals surface area contributed by atoms with E-state index in [9.17, 15) is 4.39 Å². The van der Waals surface area contributed by atoms with Crippen LogP contribution in [0.3, 0.4) is 0 Å². The molecule has 5 heteroatoms. The first-order valence-corrected chi connectivity index (χ1v) is 8.49. The lowest BCUT2D eigenvalue weighted by Gasteiger charge is -2.19. The molecule has 25 heavy (non-hydrogen) atoms. The summed E-state index contributed by atoms with van der Waals surface area (Å²) in [5, 5.41) is 0. The van der Waals surface area contributed by atoms with E-state index in [1.807, 2.05) is 18.3 Å². The van der Waals surface area contributed by atoms with E-state index < -0.39 is 0 Å². The molecular formula is C20H19FN4. The molecule has 0 atom stereocenters. The Morgan fingerprint density at radius 2 is 1.96 bits per heavy atom. The Hall–Kier alpha value is -2.66. The molecule has 4 rings (SSSR count). The van der Waals surface area contributed by atoms with Gasteiger partial charge in [0.1, 0.15) is 12.1 Å². The number of halogens is 1. The standard InChI is InChI=1S/C20H19FN4/c21-17-5-1-4-16(11-17)20-18-6-9-25(10-7-19(18)23-14-24-20)13-15-3-2-8-22-12-15/h1-5,8,11-12,14H,6-7,9-10,13H2. The van der Waals surface area contributed by atoms with E-state index in [4.69, 9.17) is 0 Å². The van der Waals surface area contributed by atoms with Crippen molar-refractivity contribution in [3.05, 3.63) is 77.8 Å². The molecule has 0 fully saturated rings. The average Bonchev–Trinajstić information content (AvgIpc) is 2.85. The van der Waals surface area contributed by atoms with Crippen LogP contribution in [0, 0.1) is 5.82 Å². The van der Waals surface area contributed by atoms with E-state index >= 15 is 0 Å². The number of hydrogen-bond acceptors (Lipinski definition) is 4. The van der Waals surface area contributed by atoms with Crippen LogP contribution in [0.4, 0.5) is 4.39 Å². The summed E-state index contributed by atoms with van der Waals surface area (Å²) < 4.78 is 13.6. The first-order valence-electron chi connectivity index (χ1n) is 8.49. The second-order valence-electron chi connectivity index (χ2n) is 6.30. The molecule has 1 aromatic carbocycles. The molecule has 1 aliphatic heterocycles. The first-order chi connectivity index (χ1) is 12.3. The maximum atomic E-state index is 13.6. The summed E-state index contributed by atoms with van der Waals surface area (Å²) >= 11 is 0. The van der Waals surface area contributed by atoms with Crippen LogP contribution in [0.1, 0.15) is 16.8 Å². The van der Waals surface area contributed by atoms with Gasteiger partial charge in [-0.05, 0) is 30.2 Å². The van der Waals surface area contributed by atoms with Gasteiger partial charge in [0.15, 0.2) is 0 Å². The minimum absolute atomic E-state index is 0.239. The highest BCUT2D eigenvalue weighted by atomic mass is 19.1. The highest BCUT2D eigenvalue weighted by Crippen LogP contribution is 2.26. The van der Waals surface area contributed by atoms with Crippen molar-refractivity contribution in [2.75, 3.05) is 13.1 Å². The lowest BCUT2D eigenvalue weighted by atomic mass is 10.0. The van der Waals surface area contributed by atoms with Crippen LogP contribution in [0.15, 0.2) is 55.1 Å². The number of aromatic nitrogens is 3. The van der Waals surface area contributed by atoms with Crippen molar-refractivity contribution in [1.29, 1.82) is 0 Å². The Kier molecular flexibility index (Phi) is 4.48. The normalized spacial score (nSPS) is 14.8. The largest absolute Gasteiger partial charge is 0.298 e. The fourth-order valence-electron chi connectivity index (χ4n) is 3.37. The molecule has 0 amide bonds. The van der Waals surface area contributed by atoms with Crippen molar-refractivity contribution in [1.82, 2.24) is 19.9 Å². The van der Waals surface area contributed by atoms with Gasteiger partial charge in [-0.3, -0.25) is 9.88 Å². The fraction of sp³-hybridized carbons (Fsp3) is 0.250. The van der Waals surface area contributed by atoms with Gasteiger partial charge in [-0.2, -0.15) is 0 Å². The van der Waals surface area contributed by atoms with Crippen LogP contribution in [0.5, 0.6) is 0 Å². The van der Waals surface area contributed by atoms with Crippen molar-refractivity contribution in [2.45, 2.75) is 19.4 Å². The van der Waals surface area contributed by atoms with Crippen molar-refractivity contribution in [3.63, 3.8) is 0 Å². The second-order valence-corrected chi connectivity index (χ2v) is 6.30. The topological polar surface area (TPSA) is 41.9 Å². The Bertz CT molecular complexity index is 867. The van der Waals surface area contributed by atoms with E-state index in [1.54, 1.807) is 24.7 Å². The van der Waals surface area contributed by atoms with E-state index in [0.717, 1.165) is 55.0 Å². The predicted octanol–water partition coefficient (Wildman–Crippen LogP) is 3.28. The van der Waals surface area contributed by atoms with Crippen molar-refractivity contribution < 1.29 is 4.39 Å². The molecule has 3 heterocycles. The summed E-state index contributed by atoms with van der Waals surface area (Å²) in [5.74, 6) is -0.239. The quantitative estimate of drug-likeness (QED) is 0.737. The van der Waals surface area contributed by atoms with E-state index in [1.165, 1.54) is 11.6 Å². The maximum Gasteiger partial charge on any atom is 0.123 e. The lowest BCUT2D eigenvalue weighted by molar-refractivity contribution is 0.278. The minimum Gasteiger partial charge on any atom is -0.298 e. The third-order valence-electron chi connectivity index (χ3n) is 4.60. The predicted molar refractivity (Wildman–Crippen MR) is 94.3 cm³/mol. The number of rotatable bonds is 3. The molecule has 0 N–H and O–H groups in total. The van der Waals surface area contributed by atoms with Crippen LogP contribution < -0.4 is 0 Å². The van der Waals surface area contributed by atoms with Crippen molar-refractivity contribution >= 4 is 0 Å². The van der Waals surface area contributed by atoms with Crippen molar-refractivity contribution in [2.24, 2.45) is 0 Å². The van der Waals surface area contributed by atoms with Crippen molar-refractivity contribution in [3.8, 4) is 11.3 Å². The molecule has 3 aromatic rings. The second kappa shape index (κ2) is 7.07. The van der Waals surface area contributed by atoms with E-state index in [-0.39, 0.29) is 5.82 Å². The van der Waals surface area contributed by atoms with Gasteiger partial charge < -0.3 is 0 Å². The van der Waals surface area contributed by atoms with Gasteiger partial charge in [-0.25, -0.2) is 14.4 Å². The highest BCUT2D eigenvalue weighted by Gasteiger charge is 2.19. The molecule has 0 saturated heterocycles. The third kappa shape index (κ3) is 3.56. The molecule has 0 radical (unpaired) electrons. The number of nitrogens with zero attached hydrogens (tertiary/aromatic N) is 4. The lowest BCUT2D eigenvalue weighted by Crippen LogP contribution is -2.26. The third-order valence-corrected chi connectivity index (χ3v) is 4.60. The Balaban J connectivity index is 1.58. The summed E-state index contributed by atoms with van der Waals surface area (Å²) in [4.78, 5) is 15.5. The minimum atomic E-state index is -0.239. The molecular weight excluding hydrogens is 315 g/mol. The molecule has 126 valence electrons. The SMILES string of the molecule is Fc1cccc(-c2ncnc3c2CCN(Cc2cccnc2)CC3)c1. The van der Waals surface area contributed by atoms with Gasteiger partial charge in [0.2, 0.25) is 0 Å². The van der Waals surface area contributed by atoms with Crippen LogP contribution in [-0.2, 0) is 19.4 Å². The van der Waals surface area contributed by atoms with Gasteiger partial charge in [-0.1, -0.05) is 18.2 Å².